The van der Waals surface area contributed by atoms with E-state index in [0.717, 1.165) is 0 Å². The van der Waals surface area contributed by atoms with Crippen molar-refractivity contribution < 1.29 is 19.6 Å². The highest BCUT2D eigenvalue weighted by atomic mass is 35.5. The number of aromatic carboxylic acids is 1. The number of carbonyl (C=O) groups is 2. The van der Waals surface area contributed by atoms with Crippen molar-refractivity contribution >= 4 is 46.5 Å². The standard InChI is InChI=1S/C27H19Cl2N3O6/c28-19-3-1-2-16(12-19)13-24(26(34)30-21-7-4-17(5-8-21)27(35)36)31-11-10-18(14-25(31)33)22-15-20(29)6-9-23(22)32(37)38/h1-12,14-15,24H,13H2,(H,30,34)(H,35,36). The van der Waals surface area contributed by atoms with Crippen molar-refractivity contribution in [1.29, 1.82) is 0 Å². The van der Waals surface area contributed by atoms with E-state index < -0.39 is 28.4 Å². The average molecular weight is 552 g/mol. The predicted molar refractivity (Wildman–Crippen MR) is 144 cm³/mol. The fraction of sp³-hybridized carbons (Fsp3) is 0.0741. The molecule has 0 aliphatic rings. The minimum Gasteiger partial charge on any atom is -0.478 e. The first kappa shape index (κ1) is 26.6. The SMILES string of the molecule is O=C(O)c1ccc(NC(=O)C(Cc2cccc(Cl)c2)n2ccc(-c3cc(Cl)ccc3[N+](=O)[O-])cc2=O)cc1. The monoisotopic (exact) mass is 551 g/mol. The van der Waals surface area contributed by atoms with Crippen molar-refractivity contribution in [3.05, 3.63) is 127 Å². The van der Waals surface area contributed by atoms with E-state index in [4.69, 9.17) is 28.3 Å². The molecule has 0 saturated carbocycles. The molecule has 1 heterocycles. The number of carboxylic acids is 1. The lowest BCUT2D eigenvalue weighted by Crippen LogP contribution is -2.34. The predicted octanol–water partition coefficient (Wildman–Crippen LogP) is 5.85. The van der Waals surface area contributed by atoms with Crippen molar-refractivity contribution in [3.8, 4) is 11.1 Å². The molecule has 192 valence electrons. The van der Waals surface area contributed by atoms with Gasteiger partial charge in [-0.15, -0.1) is 0 Å². The molecule has 11 heteroatoms. The Morgan fingerprint density at radius 2 is 1.68 bits per heavy atom. The highest BCUT2D eigenvalue weighted by Crippen LogP contribution is 2.32. The number of aromatic nitrogens is 1. The Bertz CT molecular complexity index is 1600. The zero-order valence-electron chi connectivity index (χ0n) is 19.5. The van der Waals surface area contributed by atoms with E-state index in [0.29, 0.717) is 16.3 Å². The van der Waals surface area contributed by atoms with Crippen LogP contribution < -0.4 is 10.9 Å². The number of rotatable bonds is 8. The maximum atomic E-state index is 13.4. The van der Waals surface area contributed by atoms with Crippen molar-refractivity contribution in [2.75, 3.05) is 5.32 Å². The number of nitro groups is 1. The van der Waals surface area contributed by atoms with Gasteiger partial charge in [-0.25, -0.2) is 4.79 Å². The van der Waals surface area contributed by atoms with Gasteiger partial charge in [-0.3, -0.25) is 19.7 Å². The lowest BCUT2D eigenvalue weighted by molar-refractivity contribution is -0.384. The summed E-state index contributed by atoms with van der Waals surface area (Å²) in [6.45, 7) is 0. The summed E-state index contributed by atoms with van der Waals surface area (Å²) in [4.78, 5) is 48.7. The summed E-state index contributed by atoms with van der Waals surface area (Å²) in [5.74, 6) is -1.63. The number of amides is 1. The van der Waals surface area contributed by atoms with Crippen LogP contribution in [0.4, 0.5) is 11.4 Å². The van der Waals surface area contributed by atoms with Gasteiger partial charge in [-0.05, 0) is 65.7 Å². The van der Waals surface area contributed by atoms with Crippen LogP contribution in [-0.2, 0) is 11.2 Å². The number of hydrogen-bond donors (Lipinski definition) is 2. The number of nitrogens with one attached hydrogen (secondary N) is 1. The second kappa shape index (κ2) is 11.3. The molecule has 1 aromatic heterocycles. The number of carbonyl (C=O) groups excluding carboxylic acids is 1. The Kier molecular flexibility index (Phi) is 7.90. The third kappa shape index (κ3) is 6.08. The molecule has 1 atom stereocenters. The summed E-state index contributed by atoms with van der Waals surface area (Å²) in [6, 6.07) is 18.2. The number of carboxylic acid groups (broad SMARTS) is 1. The first-order valence-corrected chi connectivity index (χ1v) is 11.9. The molecule has 1 amide bonds. The Balaban J connectivity index is 1.72. The Hall–Kier alpha value is -4.47. The number of nitrogens with zero attached hydrogens (tertiary/aromatic N) is 2. The number of hydrogen-bond acceptors (Lipinski definition) is 5. The first-order valence-electron chi connectivity index (χ1n) is 11.2. The maximum absolute atomic E-state index is 13.4. The van der Waals surface area contributed by atoms with Gasteiger partial charge in [0.05, 0.1) is 16.1 Å². The summed E-state index contributed by atoms with van der Waals surface area (Å²) in [7, 11) is 0. The van der Waals surface area contributed by atoms with Crippen LogP contribution in [0.2, 0.25) is 10.0 Å². The highest BCUT2D eigenvalue weighted by molar-refractivity contribution is 6.31. The molecule has 0 fully saturated rings. The van der Waals surface area contributed by atoms with Crippen LogP contribution in [0.3, 0.4) is 0 Å². The van der Waals surface area contributed by atoms with Crippen LogP contribution in [0.15, 0.2) is 89.9 Å². The molecule has 0 aliphatic carbocycles. The summed E-state index contributed by atoms with van der Waals surface area (Å²) >= 11 is 12.2. The summed E-state index contributed by atoms with van der Waals surface area (Å²) in [5.41, 5.74) is 0.744. The van der Waals surface area contributed by atoms with Gasteiger partial charge < -0.3 is 15.0 Å². The number of nitro benzene ring substituents is 1. The molecule has 0 spiro atoms. The van der Waals surface area contributed by atoms with Crippen molar-refractivity contribution in [3.63, 3.8) is 0 Å². The molecule has 4 rings (SSSR count). The zero-order chi connectivity index (χ0) is 27.4. The molecule has 1 unspecified atom stereocenters. The molecule has 38 heavy (non-hydrogen) atoms. The summed E-state index contributed by atoms with van der Waals surface area (Å²) in [5, 5.41) is 24.0. The number of anilines is 1. The lowest BCUT2D eigenvalue weighted by Gasteiger charge is -2.20. The Morgan fingerprint density at radius 1 is 0.974 bits per heavy atom. The average Bonchev–Trinajstić information content (AvgIpc) is 2.87. The van der Waals surface area contributed by atoms with Gasteiger partial charge in [0.2, 0.25) is 5.91 Å². The third-order valence-corrected chi connectivity index (χ3v) is 6.24. The molecule has 0 bridgehead atoms. The molecule has 3 aromatic carbocycles. The summed E-state index contributed by atoms with van der Waals surface area (Å²) in [6.07, 6.45) is 1.50. The van der Waals surface area contributed by atoms with Crippen molar-refractivity contribution in [2.24, 2.45) is 0 Å². The van der Waals surface area contributed by atoms with Gasteiger partial charge in [-0.2, -0.15) is 0 Å². The van der Waals surface area contributed by atoms with Crippen molar-refractivity contribution in [1.82, 2.24) is 4.57 Å². The Morgan fingerprint density at radius 3 is 2.32 bits per heavy atom. The van der Waals surface area contributed by atoms with E-state index in [-0.39, 0.29) is 33.8 Å². The number of halogens is 2. The van der Waals surface area contributed by atoms with Crippen LogP contribution >= 0.6 is 23.2 Å². The minimum absolute atomic E-state index is 0.0559. The fourth-order valence-corrected chi connectivity index (χ4v) is 4.32. The van der Waals surface area contributed by atoms with Crippen LogP contribution in [0.5, 0.6) is 0 Å². The van der Waals surface area contributed by atoms with Crippen LogP contribution in [-0.4, -0.2) is 26.5 Å². The smallest absolute Gasteiger partial charge is 0.335 e. The van der Waals surface area contributed by atoms with Gasteiger partial charge in [0.15, 0.2) is 0 Å². The number of benzene rings is 3. The molecule has 0 radical (unpaired) electrons. The Labute approximate surface area is 226 Å². The minimum atomic E-state index is -1.10. The van der Waals surface area contributed by atoms with Gasteiger partial charge in [-0.1, -0.05) is 35.3 Å². The fourth-order valence-electron chi connectivity index (χ4n) is 3.94. The van der Waals surface area contributed by atoms with E-state index in [1.54, 1.807) is 24.3 Å². The second-order valence-corrected chi connectivity index (χ2v) is 9.17. The quantitative estimate of drug-likeness (QED) is 0.208. The van der Waals surface area contributed by atoms with E-state index >= 15 is 0 Å². The van der Waals surface area contributed by atoms with E-state index in [1.807, 2.05) is 0 Å². The molecule has 0 aliphatic heterocycles. The van der Waals surface area contributed by atoms with Gasteiger partial charge in [0.25, 0.3) is 11.2 Å². The molecule has 9 nitrogen and oxygen atoms in total. The maximum Gasteiger partial charge on any atom is 0.335 e. The molecule has 4 aromatic rings. The highest BCUT2D eigenvalue weighted by Gasteiger charge is 2.24. The molecular weight excluding hydrogens is 533 g/mol. The van der Waals surface area contributed by atoms with Gasteiger partial charge in [0.1, 0.15) is 6.04 Å². The third-order valence-electron chi connectivity index (χ3n) is 5.77. The lowest BCUT2D eigenvalue weighted by atomic mass is 10.0. The summed E-state index contributed by atoms with van der Waals surface area (Å²) < 4.78 is 1.22. The van der Waals surface area contributed by atoms with Crippen LogP contribution in [0.1, 0.15) is 22.0 Å². The molecule has 0 saturated heterocycles. The normalized spacial score (nSPS) is 11.5. The first-order chi connectivity index (χ1) is 18.1. The number of pyridine rings is 1. The van der Waals surface area contributed by atoms with Crippen LogP contribution in [0, 0.1) is 10.1 Å². The van der Waals surface area contributed by atoms with E-state index in [9.17, 15) is 24.5 Å². The van der Waals surface area contributed by atoms with Gasteiger partial charge in [0, 0.05) is 40.5 Å². The van der Waals surface area contributed by atoms with Crippen molar-refractivity contribution in [2.45, 2.75) is 12.5 Å². The van der Waals surface area contributed by atoms with E-state index in [2.05, 4.69) is 5.32 Å². The zero-order valence-corrected chi connectivity index (χ0v) is 21.0. The topological polar surface area (TPSA) is 132 Å². The largest absolute Gasteiger partial charge is 0.478 e. The second-order valence-electron chi connectivity index (χ2n) is 8.30. The van der Waals surface area contributed by atoms with Crippen LogP contribution in [0.25, 0.3) is 11.1 Å². The van der Waals surface area contributed by atoms with Gasteiger partial charge >= 0.3 is 5.97 Å². The molecular formula is C27H19Cl2N3O6. The van der Waals surface area contributed by atoms with E-state index in [1.165, 1.54) is 65.4 Å². The molecule has 2 N–H and O–H groups in total.